The van der Waals surface area contributed by atoms with E-state index in [1.54, 1.807) is 26.2 Å². The van der Waals surface area contributed by atoms with Gasteiger partial charge < -0.3 is 9.64 Å². The lowest BCUT2D eigenvalue weighted by atomic mass is 9.92. The van der Waals surface area contributed by atoms with Crippen molar-refractivity contribution >= 4 is 17.3 Å². The van der Waals surface area contributed by atoms with E-state index in [4.69, 9.17) is 4.74 Å². The van der Waals surface area contributed by atoms with Crippen molar-refractivity contribution in [3.8, 4) is 5.75 Å². The molecule has 2 aromatic carbocycles. The second-order valence-electron chi connectivity index (χ2n) is 6.92. The topological polar surface area (TPSA) is 49.9 Å². The number of benzene rings is 2. The maximum Gasteiger partial charge on any atom is 0.191 e. The van der Waals surface area contributed by atoms with Crippen LogP contribution in [0.15, 0.2) is 48.5 Å². The van der Waals surface area contributed by atoms with Crippen molar-refractivity contribution < 1.29 is 14.3 Å². The molecule has 1 heterocycles. The van der Waals surface area contributed by atoms with E-state index in [9.17, 15) is 9.59 Å². The molecule has 5 nitrogen and oxygen atoms in total. The van der Waals surface area contributed by atoms with Crippen LogP contribution in [-0.2, 0) is 0 Å². The van der Waals surface area contributed by atoms with Crippen LogP contribution in [0.1, 0.15) is 27.6 Å². The third-order valence-corrected chi connectivity index (χ3v) is 5.64. The molecule has 0 N–H and O–H groups in total. The van der Waals surface area contributed by atoms with Crippen LogP contribution in [0.3, 0.4) is 0 Å². The lowest BCUT2D eigenvalue weighted by molar-refractivity contribution is 0.0516. The smallest absolute Gasteiger partial charge is 0.191 e. The highest BCUT2D eigenvalue weighted by Gasteiger charge is 2.53. The zero-order valence-corrected chi connectivity index (χ0v) is 15.1. The van der Waals surface area contributed by atoms with E-state index < -0.39 is 5.54 Å². The Morgan fingerprint density at radius 1 is 0.846 bits per heavy atom. The third-order valence-electron chi connectivity index (χ3n) is 5.64. The van der Waals surface area contributed by atoms with E-state index in [-0.39, 0.29) is 11.6 Å². The lowest BCUT2D eigenvalue weighted by Crippen LogP contribution is -2.61. The van der Waals surface area contributed by atoms with E-state index in [1.165, 1.54) is 0 Å². The number of para-hydroxylation sites is 2. The molecule has 0 spiro atoms. The molecular weight excluding hydrogens is 328 g/mol. The van der Waals surface area contributed by atoms with Crippen molar-refractivity contribution in [1.82, 2.24) is 4.90 Å². The predicted molar refractivity (Wildman–Crippen MR) is 100 cm³/mol. The average Bonchev–Trinajstić information content (AvgIpc) is 2.90. The molecule has 4 rings (SSSR count). The molecule has 1 saturated heterocycles. The summed E-state index contributed by atoms with van der Waals surface area (Å²) in [5, 5.41) is 0. The number of anilines is 1. The van der Waals surface area contributed by atoms with Gasteiger partial charge in [-0.2, -0.15) is 0 Å². The minimum Gasteiger partial charge on any atom is -0.495 e. The number of carbonyl (C=O) groups is 2. The van der Waals surface area contributed by atoms with Crippen molar-refractivity contribution in [2.24, 2.45) is 0 Å². The third kappa shape index (κ3) is 2.35. The van der Waals surface area contributed by atoms with Gasteiger partial charge >= 0.3 is 0 Å². The highest BCUT2D eigenvalue weighted by molar-refractivity contribution is 6.32. The Morgan fingerprint density at radius 2 is 1.38 bits per heavy atom. The van der Waals surface area contributed by atoms with Crippen molar-refractivity contribution in [1.29, 1.82) is 0 Å². The summed E-state index contributed by atoms with van der Waals surface area (Å²) in [4.78, 5) is 30.2. The fraction of sp³-hybridized carbons (Fsp3) is 0.333. The van der Waals surface area contributed by atoms with Gasteiger partial charge in [-0.15, -0.1) is 0 Å². The highest BCUT2D eigenvalue weighted by atomic mass is 16.5. The molecule has 1 fully saturated rings. The van der Waals surface area contributed by atoms with Gasteiger partial charge in [0.25, 0.3) is 0 Å². The second kappa shape index (κ2) is 6.25. The first-order valence-corrected chi connectivity index (χ1v) is 8.89. The number of methoxy groups -OCH3 is 1. The van der Waals surface area contributed by atoms with Crippen molar-refractivity contribution in [3.63, 3.8) is 0 Å². The summed E-state index contributed by atoms with van der Waals surface area (Å²) in [7, 11) is 1.67. The molecule has 0 unspecified atom stereocenters. The summed E-state index contributed by atoms with van der Waals surface area (Å²) in [5.74, 6) is 0.681. The summed E-state index contributed by atoms with van der Waals surface area (Å²) < 4.78 is 5.46. The molecule has 0 atom stereocenters. The fourth-order valence-corrected chi connectivity index (χ4v) is 4.08. The molecule has 0 aromatic heterocycles. The first-order valence-electron chi connectivity index (χ1n) is 8.89. The molecule has 0 amide bonds. The summed E-state index contributed by atoms with van der Waals surface area (Å²) in [6.45, 7) is 4.57. The molecule has 26 heavy (non-hydrogen) atoms. The second-order valence-corrected chi connectivity index (χ2v) is 6.92. The molecule has 134 valence electrons. The number of rotatable bonds is 3. The fourth-order valence-electron chi connectivity index (χ4n) is 4.08. The number of ketones is 2. The highest BCUT2D eigenvalue weighted by Crippen LogP contribution is 2.36. The number of hydrogen-bond acceptors (Lipinski definition) is 5. The number of nitrogens with zero attached hydrogens (tertiary/aromatic N) is 2. The Kier molecular flexibility index (Phi) is 4.04. The number of fused-ring (bicyclic) bond motifs is 1. The van der Waals surface area contributed by atoms with Crippen LogP contribution in [0.4, 0.5) is 5.69 Å². The Bertz CT molecular complexity index is 834. The van der Waals surface area contributed by atoms with Gasteiger partial charge in [-0.3, -0.25) is 14.5 Å². The van der Waals surface area contributed by atoms with Gasteiger partial charge in [0, 0.05) is 37.3 Å². The molecule has 0 radical (unpaired) electrons. The number of ether oxygens (including phenoxy) is 1. The van der Waals surface area contributed by atoms with E-state index in [0.29, 0.717) is 24.2 Å². The Labute approximate surface area is 153 Å². The standard InChI is InChI=1S/C21H22N2O3/c1-21(19(24)15-7-3-4-8-16(15)20(21)25)23-13-11-22(12-14-23)17-9-5-6-10-18(17)26-2/h3-10H,11-14H2,1-2H3. The van der Waals surface area contributed by atoms with Crippen LogP contribution < -0.4 is 9.64 Å². The minimum atomic E-state index is -1.09. The van der Waals surface area contributed by atoms with Crippen molar-refractivity contribution in [2.75, 3.05) is 38.2 Å². The van der Waals surface area contributed by atoms with Crippen LogP contribution in [0.2, 0.25) is 0 Å². The zero-order valence-electron chi connectivity index (χ0n) is 15.1. The van der Waals surface area contributed by atoms with Crippen LogP contribution in [0.5, 0.6) is 5.75 Å². The maximum absolute atomic E-state index is 13.0. The largest absolute Gasteiger partial charge is 0.495 e. The van der Waals surface area contributed by atoms with Crippen molar-refractivity contribution in [2.45, 2.75) is 12.5 Å². The first kappa shape index (κ1) is 16.8. The molecule has 2 aromatic rings. The molecule has 1 aliphatic heterocycles. The van der Waals surface area contributed by atoms with Gasteiger partial charge in [-0.25, -0.2) is 0 Å². The number of hydrogen-bond donors (Lipinski definition) is 0. The maximum atomic E-state index is 13.0. The number of piperazine rings is 1. The van der Waals surface area contributed by atoms with Crippen LogP contribution in [0, 0.1) is 0 Å². The minimum absolute atomic E-state index is 0.0798. The van der Waals surface area contributed by atoms with E-state index in [0.717, 1.165) is 24.5 Å². The Balaban J connectivity index is 1.55. The molecule has 0 bridgehead atoms. The first-order chi connectivity index (χ1) is 12.6. The van der Waals surface area contributed by atoms with Gasteiger partial charge in [0.15, 0.2) is 11.6 Å². The number of Topliss-reactive ketones (excluding diaryl/α,β-unsaturated/α-hetero) is 2. The van der Waals surface area contributed by atoms with Crippen LogP contribution in [0.25, 0.3) is 0 Å². The molecule has 0 saturated carbocycles. The lowest BCUT2D eigenvalue weighted by Gasteiger charge is -2.42. The molecule has 2 aliphatic rings. The molecule has 5 heteroatoms. The molecular formula is C21H22N2O3. The normalized spacial score (nSPS) is 19.5. The van der Waals surface area contributed by atoms with Crippen LogP contribution >= 0.6 is 0 Å². The van der Waals surface area contributed by atoms with E-state index in [1.807, 2.05) is 41.3 Å². The van der Waals surface area contributed by atoms with Crippen molar-refractivity contribution in [3.05, 3.63) is 59.7 Å². The van der Waals surface area contributed by atoms with Gasteiger partial charge in [-0.1, -0.05) is 36.4 Å². The monoisotopic (exact) mass is 350 g/mol. The Morgan fingerprint density at radius 3 is 1.96 bits per heavy atom. The van der Waals surface area contributed by atoms with Gasteiger partial charge in [0.2, 0.25) is 0 Å². The zero-order chi connectivity index (χ0) is 18.3. The summed E-state index contributed by atoms with van der Waals surface area (Å²) >= 11 is 0. The quantitative estimate of drug-likeness (QED) is 0.797. The van der Waals surface area contributed by atoms with Crippen LogP contribution in [-0.4, -0.2) is 55.3 Å². The molecule has 1 aliphatic carbocycles. The summed E-state index contributed by atoms with van der Waals surface area (Å²) in [6, 6.07) is 15.1. The Hall–Kier alpha value is -2.66. The number of carbonyl (C=O) groups excluding carboxylic acids is 2. The van der Waals surface area contributed by atoms with Gasteiger partial charge in [0.1, 0.15) is 11.3 Å². The van der Waals surface area contributed by atoms with Gasteiger partial charge in [-0.05, 0) is 19.1 Å². The summed E-state index contributed by atoms with van der Waals surface area (Å²) in [6.07, 6.45) is 0. The van der Waals surface area contributed by atoms with E-state index in [2.05, 4.69) is 4.90 Å². The SMILES string of the molecule is COc1ccccc1N1CCN(C2(C)C(=O)c3ccccc3C2=O)CC1. The van der Waals surface area contributed by atoms with E-state index >= 15 is 0 Å². The average molecular weight is 350 g/mol. The summed E-state index contributed by atoms with van der Waals surface area (Å²) in [5.41, 5.74) is 1.06. The van der Waals surface area contributed by atoms with Gasteiger partial charge in [0.05, 0.1) is 12.8 Å². The predicted octanol–water partition coefficient (Wildman–Crippen LogP) is 2.66.